The average Bonchev–Trinajstić information content (AvgIpc) is 2.04. The molecule has 0 saturated carbocycles. The van der Waals surface area contributed by atoms with Gasteiger partial charge in [-0.15, -0.1) is 12.6 Å². The molecular weight excluding hydrogens is 156 g/mol. The Balaban J connectivity index is 2.83. The molecule has 0 amide bonds. The topological polar surface area (TPSA) is 25.8 Å². The lowest BCUT2D eigenvalue weighted by Gasteiger charge is -1.94. The summed E-state index contributed by atoms with van der Waals surface area (Å²) in [5.41, 5.74) is 0.889. The van der Waals surface area contributed by atoms with Crippen LogP contribution in [0.25, 0.3) is 10.9 Å². The van der Waals surface area contributed by atoms with Crippen LogP contribution in [0.1, 0.15) is 0 Å². The van der Waals surface area contributed by atoms with Crippen molar-refractivity contribution in [1.29, 1.82) is 0 Å². The Hall–Kier alpha value is -1.09. The largest absolute Gasteiger partial charge is 0.159 e. The summed E-state index contributed by atoms with van der Waals surface area (Å²) >= 11 is 4.19. The van der Waals surface area contributed by atoms with E-state index in [2.05, 4.69) is 22.8 Å². The van der Waals surface area contributed by atoms with Crippen molar-refractivity contribution in [1.82, 2.24) is 10.2 Å². The molecule has 0 unspecified atom stereocenters. The fourth-order valence-corrected chi connectivity index (χ4v) is 1.17. The zero-order valence-corrected chi connectivity index (χ0v) is 6.62. The molecule has 54 valence electrons. The standard InChI is InChI=1S/C8H6N2S/c11-7-2-1-6-3-4-9-10-8(6)5-7/h1-5,11H. The Morgan fingerprint density at radius 2 is 2.09 bits per heavy atom. The molecule has 3 heteroatoms. The SMILES string of the molecule is Sc1ccc2ccnnc2c1. The molecule has 2 nitrogen and oxygen atoms in total. The molecule has 0 aliphatic rings. The fraction of sp³-hybridized carbons (Fsp3) is 0. The lowest BCUT2D eigenvalue weighted by Crippen LogP contribution is -1.80. The molecule has 1 heterocycles. The van der Waals surface area contributed by atoms with Crippen molar-refractivity contribution >= 4 is 23.5 Å². The number of aromatic nitrogens is 2. The van der Waals surface area contributed by atoms with Crippen molar-refractivity contribution in [3.63, 3.8) is 0 Å². The van der Waals surface area contributed by atoms with Gasteiger partial charge >= 0.3 is 0 Å². The van der Waals surface area contributed by atoms with Crippen LogP contribution in [-0.2, 0) is 0 Å². The summed E-state index contributed by atoms with van der Waals surface area (Å²) in [7, 11) is 0. The van der Waals surface area contributed by atoms with Gasteiger partial charge in [-0.25, -0.2) is 0 Å². The molecule has 2 rings (SSSR count). The maximum absolute atomic E-state index is 4.19. The van der Waals surface area contributed by atoms with E-state index in [0.717, 1.165) is 15.8 Å². The predicted octanol–water partition coefficient (Wildman–Crippen LogP) is 1.92. The molecule has 2 aromatic rings. The first kappa shape index (κ1) is 6.61. The van der Waals surface area contributed by atoms with Crippen LogP contribution >= 0.6 is 12.6 Å². The average molecular weight is 162 g/mol. The van der Waals surface area contributed by atoms with Crippen molar-refractivity contribution < 1.29 is 0 Å². The second-order valence-electron chi connectivity index (χ2n) is 2.27. The van der Waals surface area contributed by atoms with E-state index < -0.39 is 0 Å². The minimum atomic E-state index is 0.889. The van der Waals surface area contributed by atoms with E-state index in [-0.39, 0.29) is 0 Å². The van der Waals surface area contributed by atoms with Crippen LogP contribution in [0.4, 0.5) is 0 Å². The van der Waals surface area contributed by atoms with Gasteiger partial charge in [0.1, 0.15) is 0 Å². The molecule has 0 fully saturated rings. The number of thiol groups is 1. The Labute approximate surface area is 69.7 Å². The first-order chi connectivity index (χ1) is 5.36. The van der Waals surface area contributed by atoms with Crippen LogP contribution in [0.3, 0.4) is 0 Å². The maximum atomic E-state index is 4.19. The highest BCUT2D eigenvalue weighted by atomic mass is 32.1. The van der Waals surface area contributed by atoms with Gasteiger partial charge < -0.3 is 0 Å². The lowest BCUT2D eigenvalue weighted by atomic mass is 10.2. The zero-order chi connectivity index (χ0) is 7.68. The van der Waals surface area contributed by atoms with Gasteiger partial charge in [-0.05, 0) is 18.2 Å². The molecule has 0 aliphatic carbocycles. The Morgan fingerprint density at radius 1 is 1.18 bits per heavy atom. The van der Waals surface area contributed by atoms with Crippen LogP contribution in [0.2, 0.25) is 0 Å². The number of hydrogen-bond acceptors (Lipinski definition) is 3. The van der Waals surface area contributed by atoms with Gasteiger partial charge in [0.2, 0.25) is 0 Å². The third kappa shape index (κ3) is 1.19. The monoisotopic (exact) mass is 162 g/mol. The molecule has 11 heavy (non-hydrogen) atoms. The molecule has 0 N–H and O–H groups in total. The number of rotatable bonds is 0. The first-order valence-electron chi connectivity index (χ1n) is 3.27. The molecule has 0 aliphatic heterocycles. The van der Waals surface area contributed by atoms with Crippen LogP contribution < -0.4 is 0 Å². The Morgan fingerprint density at radius 3 is 3.00 bits per heavy atom. The van der Waals surface area contributed by atoms with Crippen molar-refractivity contribution in [2.24, 2.45) is 0 Å². The molecule has 0 bridgehead atoms. The summed E-state index contributed by atoms with van der Waals surface area (Å²) in [6.45, 7) is 0. The Kier molecular flexibility index (Phi) is 1.51. The smallest absolute Gasteiger partial charge is 0.0940 e. The zero-order valence-electron chi connectivity index (χ0n) is 5.73. The summed E-state index contributed by atoms with van der Waals surface area (Å²) in [5.74, 6) is 0. The van der Waals surface area contributed by atoms with Crippen molar-refractivity contribution in [2.75, 3.05) is 0 Å². The molecule has 0 spiro atoms. The number of benzene rings is 1. The molecule has 0 saturated heterocycles. The number of hydrogen-bond donors (Lipinski definition) is 1. The van der Waals surface area contributed by atoms with Crippen molar-refractivity contribution in [3.8, 4) is 0 Å². The minimum Gasteiger partial charge on any atom is -0.159 e. The summed E-state index contributed by atoms with van der Waals surface area (Å²) in [5, 5.41) is 8.81. The van der Waals surface area contributed by atoms with E-state index in [4.69, 9.17) is 0 Å². The van der Waals surface area contributed by atoms with E-state index in [1.165, 1.54) is 0 Å². The number of fused-ring (bicyclic) bond motifs is 1. The van der Waals surface area contributed by atoms with Crippen LogP contribution in [0, 0.1) is 0 Å². The minimum absolute atomic E-state index is 0.889. The first-order valence-corrected chi connectivity index (χ1v) is 3.71. The molecule has 1 aromatic carbocycles. The summed E-state index contributed by atoms with van der Waals surface area (Å²) < 4.78 is 0. The third-order valence-electron chi connectivity index (χ3n) is 1.50. The molecular formula is C8H6N2S. The molecule has 0 atom stereocenters. The molecule has 0 radical (unpaired) electrons. The van der Waals surface area contributed by atoms with E-state index in [1.807, 2.05) is 24.3 Å². The van der Waals surface area contributed by atoms with Gasteiger partial charge in [0, 0.05) is 10.3 Å². The lowest BCUT2D eigenvalue weighted by molar-refractivity contribution is 1.07. The van der Waals surface area contributed by atoms with Crippen LogP contribution in [0.15, 0.2) is 35.4 Å². The van der Waals surface area contributed by atoms with Gasteiger partial charge in [0.15, 0.2) is 0 Å². The quantitative estimate of drug-likeness (QED) is 0.599. The highest BCUT2D eigenvalue weighted by molar-refractivity contribution is 7.80. The third-order valence-corrected chi connectivity index (χ3v) is 1.78. The highest BCUT2D eigenvalue weighted by Gasteiger charge is 1.92. The van der Waals surface area contributed by atoms with Crippen LogP contribution in [-0.4, -0.2) is 10.2 Å². The van der Waals surface area contributed by atoms with Crippen molar-refractivity contribution in [2.45, 2.75) is 4.90 Å². The summed E-state index contributed by atoms with van der Waals surface area (Å²) in [4.78, 5) is 0.915. The predicted molar refractivity (Wildman–Crippen MR) is 46.8 cm³/mol. The van der Waals surface area contributed by atoms with E-state index >= 15 is 0 Å². The van der Waals surface area contributed by atoms with Gasteiger partial charge in [-0.1, -0.05) is 6.07 Å². The second kappa shape index (κ2) is 2.51. The van der Waals surface area contributed by atoms with Gasteiger partial charge in [0.05, 0.1) is 11.7 Å². The van der Waals surface area contributed by atoms with E-state index in [9.17, 15) is 0 Å². The Bertz CT molecular complexity index is 387. The maximum Gasteiger partial charge on any atom is 0.0940 e. The van der Waals surface area contributed by atoms with E-state index in [1.54, 1.807) is 6.20 Å². The van der Waals surface area contributed by atoms with Gasteiger partial charge in [0.25, 0.3) is 0 Å². The van der Waals surface area contributed by atoms with Gasteiger partial charge in [-0.2, -0.15) is 10.2 Å². The second-order valence-corrected chi connectivity index (χ2v) is 2.79. The van der Waals surface area contributed by atoms with Crippen molar-refractivity contribution in [3.05, 3.63) is 30.5 Å². The summed E-state index contributed by atoms with van der Waals surface area (Å²) in [6, 6.07) is 7.74. The fourth-order valence-electron chi connectivity index (χ4n) is 0.969. The number of nitrogens with zero attached hydrogens (tertiary/aromatic N) is 2. The van der Waals surface area contributed by atoms with E-state index in [0.29, 0.717) is 0 Å². The normalized spacial score (nSPS) is 10.3. The van der Waals surface area contributed by atoms with Gasteiger partial charge in [-0.3, -0.25) is 0 Å². The summed E-state index contributed by atoms with van der Waals surface area (Å²) in [6.07, 6.45) is 1.68. The van der Waals surface area contributed by atoms with Crippen LogP contribution in [0.5, 0.6) is 0 Å². The molecule has 1 aromatic heterocycles. The highest BCUT2D eigenvalue weighted by Crippen LogP contribution is 2.14.